The van der Waals surface area contributed by atoms with Gasteiger partial charge in [0.15, 0.2) is 0 Å². The standard InChI is InChI=1S/C23H35N3O3/c1-15(22-11-16-8-17(12-22)10-18(9-16)13-22)24-19(27)14-26-20(28)23(25-21(26)29)6-4-2-3-5-7-23/h15-18H,2-14H2,1H3,(H,24,27)(H,25,29)/t15-,16?,17?,18?,22?/m0/s1. The highest BCUT2D eigenvalue weighted by Crippen LogP contribution is 2.61. The third-order valence-corrected chi connectivity index (χ3v) is 8.89. The lowest BCUT2D eigenvalue weighted by Gasteiger charge is -2.59. The molecule has 6 fully saturated rings. The summed E-state index contributed by atoms with van der Waals surface area (Å²) in [6.07, 6.45) is 13.3. The minimum absolute atomic E-state index is 0.107. The minimum atomic E-state index is -0.764. The van der Waals surface area contributed by atoms with Gasteiger partial charge in [-0.3, -0.25) is 14.5 Å². The van der Waals surface area contributed by atoms with Crippen LogP contribution in [0.5, 0.6) is 0 Å². The molecule has 1 aliphatic heterocycles. The van der Waals surface area contributed by atoms with Crippen molar-refractivity contribution >= 4 is 17.8 Å². The molecule has 6 rings (SSSR count). The van der Waals surface area contributed by atoms with Crippen LogP contribution in [-0.2, 0) is 9.59 Å². The normalized spacial score (nSPS) is 38.8. The fourth-order valence-electron chi connectivity index (χ4n) is 7.78. The van der Waals surface area contributed by atoms with Crippen LogP contribution in [0.4, 0.5) is 4.79 Å². The summed E-state index contributed by atoms with van der Waals surface area (Å²) in [5, 5.41) is 6.13. The van der Waals surface area contributed by atoms with Crippen molar-refractivity contribution in [3.8, 4) is 0 Å². The van der Waals surface area contributed by atoms with Gasteiger partial charge in [0.2, 0.25) is 5.91 Å². The molecule has 0 unspecified atom stereocenters. The number of hydrogen-bond acceptors (Lipinski definition) is 3. The number of nitrogens with zero attached hydrogens (tertiary/aromatic N) is 1. The highest BCUT2D eigenvalue weighted by molar-refractivity contribution is 6.09. The number of carbonyl (C=O) groups is 3. The second-order valence-electron chi connectivity index (χ2n) is 10.9. The molecule has 0 aromatic rings. The lowest BCUT2D eigenvalue weighted by molar-refractivity contribution is -0.136. The van der Waals surface area contributed by atoms with E-state index in [2.05, 4.69) is 17.6 Å². The molecule has 1 saturated heterocycles. The average Bonchev–Trinajstić information content (AvgIpc) is 2.81. The van der Waals surface area contributed by atoms with Crippen LogP contribution in [0.15, 0.2) is 0 Å². The number of carbonyl (C=O) groups excluding carboxylic acids is 3. The number of hydrogen-bond donors (Lipinski definition) is 2. The molecule has 1 atom stereocenters. The third kappa shape index (κ3) is 3.27. The third-order valence-electron chi connectivity index (χ3n) is 8.89. The van der Waals surface area contributed by atoms with Crippen molar-refractivity contribution in [1.29, 1.82) is 0 Å². The summed E-state index contributed by atoms with van der Waals surface area (Å²) in [6, 6.07) is -0.287. The second-order valence-corrected chi connectivity index (χ2v) is 10.9. The van der Waals surface area contributed by atoms with E-state index < -0.39 is 11.6 Å². The summed E-state index contributed by atoms with van der Waals surface area (Å²) in [5.41, 5.74) is -0.538. The molecule has 6 nitrogen and oxygen atoms in total. The number of nitrogens with one attached hydrogen (secondary N) is 2. The first-order valence-corrected chi connectivity index (χ1v) is 11.8. The predicted octanol–water partition coefficient (Wildman–Crippen LogP) is 3.35. The number of imide groups is 1. The molecule has 6 aliphatic rings. The summed E-state index contributed by atoms with van der Waals surface area (Å²) < 4.78 is 0. The van der Waals surface area contributed by atoms with Crippen molar-refractivity contribution in [2.75, 3.05) is 6.54 Å². The van der Waals surface area contributed by atoms with Crippen LogP contribution in [0.25, 0.3) is 0 Å². The molecule has 0 radical (unpaired) electrons. The first-order valence-electron chi connectivity index (χ1n) is 11.8. The number of rotatable bonds is 4. The van der Waals surface area contributed by atoms with Crippen LogP contribution in [0, 0.1) is 23.2 Å². The first kappa shape index (κ1) is 19.4. The van der Waals surface area contributed by atoms with E-state index in [9.17, 15) is 14.4 Å². The molecule has 4 amide bonds. The van der Waals surface area contributed by atoms with E-state index in [1.165, 1.54) is 38.5 Å². The van der Waals surface area contributed by atoms with Crippen LogP contribution in [0.1, 0.15) is 84.0 Å². The van der Waals surface area contributed by atoms with Crippen molar-refractivity contribution in [3.05, 3.63) is 0 Å². The van der Waals surface area contributed by atoms with E-state index in [1.807, 2.05) is 0 Å². The highest BCUT2D eigenvalue weighted by atomic mass is 16.2. The van der Waals surface area contributed by atoms with Gasteiger partial charge in [-0.25, -0.2) is 4.79 Å². The van der Waals surface area contributed by atoms with E-state index in [0.29, 0.717) is 12.8 Å². The molecule has 0 aromatic carbocycles. The van der Waals surface area contributed by atoms with Gasteiger partial charge >= 0.3 is 6.03 Å². The Kier molecular flexibility index (Phi) is 4.67. The van der Waals surface area contributed by atoms with Crippen molar-refractivity contribution in [3.63, 3.8) is 0 Å². The lowest BCUT2D eigenvalue weighted by Crippen LogP contribution is -2.57. The molecule has 1 spiro atoms. The molecular formula is C23H35N3O3. The van der Waals surface area contributed by atoms with E-state index >= 15 is 0 Å². The zero-order chi connectivity index (χ0) is 20.2. The Morgan fingerprint density at radius 1 is 1.03 bits per heavy atom. The van der Waals surface area contributed by atoms with Crippen molar-refractivity contribution in [1.82, 2.24) is 15.5 Å². The van der Waals surface area contributed by atoms with Gasteiger partial charge in [-0.05, 0) is 81.5 Å². The van der Waals surface area contributed by atoms with Crippen LogP contribution in [0.3, 0.4) is 0 Å². The molecule has 29 heavy (non-hydrogen) atoms. The fourth-order valence-corrected chi connectivity index (χ4v) is 7.78. The summed E-state index contributed by atoms with van der Waals surface area (Å²) >= 11 is 0. The molecule has 160 valence electrons. The van der Waals surface area contributed by atoms with Crippen molar-refractivity contribution in [2.24, 2.45) is 23.2 Å². The molecule has 5 aliphatic carbocycles. The Labute approximate surface area is 173 Å². The SMILES string of the molecule is C[C@H](NC(=O)CN1C(=O)NC2(CCCCCC2)C1=O)C12CC3CC(CC(C3)C1)C2. The Bertz CT molecular complexity index is 675. The Morgan fingerprint density at radius 2 is 1.59 bits per heavy atom. The van der Waals surface area contributed by atoms with Gasteiger partial charge < -0.3 is 10.6 Å². The predicted molar refractivity (Wildman–Crippen MR) is 109 cm³/mol. The Morgan fingerprint density at radius 3 is 2.14 bits per heavy atom. The molecule has 6 heteroatoms. The Balaban J connectivity index is 1.23. The number of urea groups is 1. The zero-order valence-electron chi connectivity index (χ0n) is 17.7. The maximum atomic E-state index is 13.1. The van der Waals surface area contributed by atoms with E-state index in [0.717, 1.165) is 48.3 Å². The largest absolute Gasteiger partial charge is 0.352 e. The molecule has 2 N–H and O–H groups in total. The summed E-state index contributed by atoms with van der Waals surface area (Å²) in [5.74, 6) is 2.12. The van der Waals surface area contributed by atoms with Crippen LogP contribution in [-0.4, -0.2) is 40.9 Å². The van der Waals surface area contributed by atoms with Crippen LogP contribution < -0.4 is 10.6 Å². The average molecular weight is 402 g/mol. The first-order chi connectivity index (χ1) is 13.9. The quantitative estimate of drug-likeness (QED) is 0.709. The van der Waals surface area contributed by atoms with Crippen molar-refractivity contribution in [2.45, 2.75) is 95.6 Å². The topological polar surface area (TPSA) is 78.5 Å². The van der Waals surface area contributed by atoms with Gasteiger partial charge in [0.05, 0.1) is 0 Å². The monoisotopic (exact) mass is 401 g/mol. The maximum Gasteiger partial charge on any atom is 0.325 e. The summed E-state index contributed by atoms with van der Waals surface area (Å²) in [7, 11) is 0. The van der Waals surface area contributed by atoms with Crippen molar-refractivity contribution < 1.29 is 14.4 Å². The molecule has 0 aromatic heterocycles. The smallest absolute Gasteiger partial charge is 0.325 e. The van der Waals surface area contributed by atoms with Crippen LogP contribution >= 0.6 is 0 Å². The van der Waals surface area contributed by atoms with E-state index in [1.54, 1.807) is 0 Å². The minimum Gasteiger partial charge on any atom is -0.352 e. The second kappa shape index (κ2) is 6.98. The summed E-state index contributed by atoms with van der Waals surface area (Å²) in [4.78, 5) is 39.6. The zero-order valence-corrected chi connectivity index (χ0v) is 17.7. The van der Waals surface area contributed by atoms with Crippen LogP contribution in [0.2, 0.25) is 0 Å². The maximum absolute atomic E-state index is 13.1. The Hall–Kier alpha value is -1.59. The van der Waals surface area contributed by atoms with Gasteiger partial charge in [-0.15, -0.1) is 0 Å². The fraction of sp³-hybridized carbons (Fsp3) is 0.870. The molecule has 5 saturated carbocycles. The van der Waals surface area contributed by atoms with Gasteiger partial charge in [-0.2, -0.15) is 0 Å². The van der Waals surface area contributed by atoms with Gasteiger partial charge in [-0.1, -0.05) is 25.7 Å². The lowest BCUT2D eigenvalue weighted by atomic mass is 9.48. The van der Waals surface area contributed by atoms with Gasteiger partial charge in [0, 0.05) is 6.04 Å². The molecular weight excluding hydrogens is 366 g/mol. The highest BCUT2D eigenvalue weighted by Gasteiger charge is 2.54. The van der Waals surface area contributed by atoms with E-state index in [4.69, 9.17) is 0 Å². The molecule has 1 heterocycles. The molecule has 4 bridgehead atoms. The number of amides is 4. The summed E-state index contributed by atoms with van der Waals surface area (Å²) in [6.45, 7) is 1.99. The van der Waals surface area contributed by atoms with E-state index in [-0.39, 0.29) is 29.8 Å². The van der Waals surface area contributed by atoms with Gasteiger partial charge in [0.25, 0.3) is 5.91 Å². The van der Waals surface area contributed by atoms with Gasteiger partial charge in [0.1, 0.15) is 12.1 Å².